The highest BCUT2D eigenvalue weighted by atomic mass is 16.3. The lowest BCUT2D eigenvalue weighted by atomic mass is 10.1. The molecule has 96 valence electrons. The highest BCUT2D eigenvalue weighted by Crippen LogP contribution is 2.15. The molecule has 0 spiro atoms. The summed E-state index contributed by atoms with van der Waals surface area (Å²) in [6.45, 7) is 6.35. The molecule has 0 aliphatic heterocycles. The van der Waals surface area contributed by atoms with Gasteiger partial charge in [0.05, 0.1) is 24.0 Å². The van der Waals surface area contributed by atoms with Crippen molar-refractivity contribution in [2.45, 2.75) is 26.3 Å². The van der Waals surface area contributed by atoms with Gasteiger partial charge < -0.3 is 15.3 Å². The van der Waals surface area contributed by atoms with E-state index in [1.54, 1.807) is 24.1 Å². The summed E-state index contributed by atoms with van der Waals surface area (Å²) in [5.74, 6) is 0. The predicted octanol–water partition coefficient (Wildman–Crippen LogP) is 1.09. The Morgan fingerprint density at radius 2 is 2.24 bits per heavy atom. The van der Waals surface area contributed by atoms with Crippen LogP contribution in [0.25, 0.3) is 0 Å². The smallest absolute Gasteiger partial charge is 0.321 e. The van der Waals surface area contributed by atoms with E-state index in [2.05, 4.69) is 10.4 Å². The van der Waals surface area contributed by atoms with Crippen LogP contribution in [0.5, 0.6) is 0 Å². The molecule has 17 heavy (non-hydrogen) atoms. The molecule has 6 nitrogen and oxygen atoms in total. The maximum Gasteiger partial charge on any atom is 0.321 e. The molecule has 2 N–H and O–H groups in total. The van der Waals surface area contributed by atoms with Crippen LogP contribution in [-0.4, -0.2) is 46.0 Å². The van der Waals surface area contributed by atoms with Crippen molar-refractivity contribution in [1.29, 1.82) is 0 Å². The van der Waals surface area contributed by atoms with Crippen LogP contribution in [-0.2, 0) is 5.54 Å². The molecule has 1 aromatic heterocycles. The second-order valence-corrected chi connectivity index (χ2v) is 4.92. The van der Waals surface area contributed by atoms with Gasteiger partial charge >= 0.3 is 6.03 Å². The second kappa shape index (κ2) is 5.18. The van der Waals surface area contributed by atoms with Crippen molar-refractivity contribution in [2.75, 3.05) is 25.5 Å². The van der Waals surface area contributed by atoms with Crippen LogP contribution < -0.4 is 5.32 Å². The number of aliphatic hydroxyl groups is 1. The van der Waals surface area contributed by atoms with E-state index in [4.69, 9.17) is 5.11 Å². The fourth-order valence-corrected chi connectivity index (χ4v) is 1.22. The zero-order valence-electron chi connectivity index (χ0n) is 10.8. The quantitative estimate of drug-likeness (QED) is 0.831. The van der Waals surface area contributed by atoms with Gasteiger partial charge in [-0.05, 0) is 20.8 Å². The van der Waals surface area contributed by atoms with Crippen LogP contribution in [0.3, 0.4) is 0 Å². The van der Waals surface area contributed by atoms with Gasteiger partial charge in [-0.25, -0.2) is 4.79 Å². The monoisotopic (exact) mass is 240 g/mol. The first kappa shape index (κ1) is 13.5. The molecule has 0 bridgehead atoms. The molecule has 0 saturated carbocycles. The molecule has 1 rings (SSSR count). The summed E-state index contributed by atoms with van der Waals surface area (Å²) in [5.41, 5.74) is 0.537. The largest absolute Gasteiger partial charge is 0.395 e. The molecular formula is C11H20N4O2. The van der Waals surface area contributed by atoms with Crippen molar-refractivity contribution < 1.29 is 9.90 Å². The van der Waals surface area contributed by atoms with Gasteiger partial charge in [0.15, 0.2) is 0 Å². The summed E-state index contributed by atoms with van der Waals surface area (Å²) >= 11 is 0. The Balaban J connectivity index is 2.64. The standard InChI is InChI=1S/C11H20N4O2/c1-11(2,3)15-8-9(7-12-15)13-10(17)14(4)5-6-16/h7-8,16H,5-6H2,1-4H3,(H,13,17). The summed E-state index contributed by atoms with van der Waals surface area (Å²) in [5, 5.41) is 15.6. The summed E-state index contributed by atoms with van der Waals surface area (Å²) in [6.07, 6.45) is 3.39. The third-order valence-electron chi connectivity index (χ3n) is 2.30. The van der Waals surface area contributed by atoms with Gasteiger partial charge in [0.1, 0.15) is 0 Å². The number of amides is 2. The number of aliphatic hydroxyl groups excluding tert-OH is 1. The van der Waals surface area contributed by atoms with Crippen LogP contribution in [0, 0.1) is 0 Å². The fourth-order valence-electron chi connectivity index (χ4n) is 1.22. The van der Waals surface area contributed by atoms with Gasteiger partial charge in [-0.1, -0.05) is 0 Å². The lowest BCUT2D eigenvalue weighted by molar-refractivity contribution is 0.202. The van der Waals surface area contributed by atoms with Crippen LogP contribution in [0.1, 0.15) is 20.8 Å². The van der Waals surface area contributed by atoms with Gasteiger partial charge in [0.2, 0.25) is 0 Å². The van der Waals surface area contributed by atoms with Gasteiger partial charge in [0, 0.05) is 19.8 Å². The van der Waals surface area contributed by atoms with Gasteiger partial charge in [-0.15, -0.1) is 0 Å². The van der Waals surface area contributed by atoms with E-state index < -0.39 is 0 Å². The van der Waals surface area contributed by atoms with Crippen molar-refractivity contribution in [1.82, 2.24) is 14.7 Å². The highest BCUT2D eigenvalue weighted by Gasteiger charge is 2.15. The van der Waals surface area contributed by atoms with Crippen molar-refractivity contribution in [3.05, 3.63) is 12.4 Å². The molecule has 0 aliphatic carbocycles. The molecule has 0 radical (unpaired) electrons. The number of rotatable bonds is 3. The molecule has 0 unspecified atom stereocenters. The number of nitrogens with one attached hydrogen (secondary N) is 1. The maximum atomic E-state index is 11.6. The third-order valence-corrected chi connectivity index (χ3v) is 2.30. The Labute approximate surface area is 101 Å². The minimum Gasteiger partial charge on any atom is -0.395 e. The molecule has 1 aromatic rings. The average Bonchev–Trinajstić information content (AvgIpc) is 2.66. The summed E-state index contributed by atoms with van der Waals surface area (Å²) in [7, 11) is 1.62. The number of likely N-dealkylation sites (N-methyl/N-ethyl adjacent to an activating group) is 1. The second-order valence-electron chi connectivity index (χ2n) is 4.92. The average molecular weight is 240 g/mol. The van der Waals surface area contributed by atoms with E-state index >= 15 is 0 Å². The highest BCUT2D eigenvalue weighted by molar-refractivity contribution is 5.88. The van der Waals surface area contributed by atoms with Gasteiger partial charge in [-0.3, -0.25) is 4.68 Å². The molecule has 0 fully saturated rings. The van der Waals surface area contributed by atoms with E-state index in [1.165, 1.54) is 4.90 Å². The number of urea groups is 1. The van der Waals surface area contributed by atoms with Crippen molar-refractivity contribution in [2.24, 2.45) is 0 Å². The number of carbonyl (C=O) groups excluding carboxylic acids is 1. The third kappa shape index (κ3) is 3.74. The van der Waals surface area contributed by atoms with Crippen molar-refractivity contribution in [3.8, 4) is 0 Å². The van der Waals surface area contributed by atoms with Gasteiger partial charge in [-0.2, -0.15) is 5.10 Å². The molecule has 0 atom stereocenters. The lowest BCUT2D eigenvalue weighted by Crippen LogP contribution is -2.33. The van der Waals surface area contributed by atoms with E-state index in [-0.39, 0.29) is 18.2 Å². The minimum absolute atomic E-state index is 0.0504. The molecule has 1 heterocycles. The number of nitrogens with zero attached hydrogens (tertiary/aromatic N) is 3. The summed E-state index contributed by atoms with van der Waals surface area (Å²) in [6, 6.07) is -0.257. The van der Waals surface area contributed by atoms with E-state index in [1.807, 2.05) is 20.8 Å². The zero-order valence-corrected chi connectivity index (χ0v) is 10.8. The number of anilines is 1. The molecule has 0 aliphatic rings. The van der Waals surface area contributed by atoms with Crippen molar-refractivity contribution in [3.63, 3.8) is 0 Å². The molecule has 0 saturated heterocycles. The van der Waals surface area contributed by atoms with Gasteiger partial charge in [0.25, 0.3) is 0 Å². The normalized spacial score (nSPS) is 11.4. The first-order valence-electron chi connectivity index (χ1n) is 5.52. The molecule has 0 aromatic carbocycles. The Bertz CT molecular complexity index is 381. The topological polar surface area (TPSA) is 70.4 Å². The van der Waals surface area contributed by atoms with E-state index in [0.717, 1.165) is 0 Å². The Hall–Kier alpha value is -1.56. The maximum absolute atomic E-state index is 11.6. The molecular weight excluding hydrogens is 220 g/mol. The number of hydrogen-bond acceptors (Lipinski definition) is 3. The van der Waals surface area contributed by atoms with Crippen LogP contribution in [0.15, 0.2) is 12.4 Å². The SMILES string of the molecule is CN(CCO)C(=O)Nc1cnn(C(C)(C)C)c1. The first-order valence-corrected chi connectivity index (χ1v) is 5.52. The number of hydrogen-bond donors (Lipinski definition) is 2. The minimum atomic E-state index is -0.257. The Morgan fingerprint density at radius 3 is 2.71 bits per heavy atom. The summed E-state index contributed by atoms with van der Waals surface area (Å²) < 4.78 is 1.79. The van der Waals surface area contributed by atoms with E-state index in [0.29, 0.717) is 12.2 Å². The number of aromatic nitrogens is 2. The molecule has 6 heteroatoms. The zero-order chi connectivity index (χ0) is 13.1. The Kier molecular flexibility index (Phi) is 4.11. The predicted molar refractivity (Wildman–Crippen MR) is 66.0 cm³/mol. The Morgan fingerprint density at radius 1 is 1.59 bits per heavy atom. The lowest BCUT2D eigenvalue weighted by Gasteiger charge is -2.19. The summed E-state index contributed by atoms with van der Waals surface area (Å²) in [4.78, 5) is 13.0. The number of carbonyl (C=O) groups is 1. The fraction of sp³-hybridized carbons (Fsp3) is 0.636. The first-order chi connectivity index (χ1) is 7.84. The van der Waals surface area contributed by atoms with E-state index in [9.17, 15) is 4.79 Å². The van der Waals surface area contributed by atoms with Crippen LogP contribution in [0.4, 0.5) is 10.5 Å². The van der Waals surface area contributed by atoms with Crippen LogP contribution >= 0.6 is 0 Å². The van der Waals surface area contributed by atoms with Crippen molar-refractivity contribution >= 4 is 11.7 Å². The molecule has 2 amide bonds. The van der Waals surface area contributed by atoms with Crippen LogP contribution in [0.2, 0.25) is 0 Å².